The van der Waals surface area contributed by atoms with Crippen LogP contribution < -0.4 is 10.6 Å². The van der Waals surface area contributed by atoms with Gasteiger partial charge in [-0.05, 0) is 43.0 Å². The standard InChI is InChI=1S/C24H19BrN4O2/c1-12-20-22(29-28-12)26-18-9-14(13-5-3-2-4-6-13)10-19(30)21(18)24(20)16-11-15(25)7-8-17(16)27-23(24)31/h2-8,11,14H,9-10H2,1H3,(H,27,31)(H2,26,28,29). The Morgan fingerprint density at radius 3 is 2.68 bits per heavy atom. The van der Waals surface area contributed by atoms with Crippen LogP contribution in [0.2, 0.25) is 0 Å². The molecule has 0 saturated carbocycles. The second kappa shape index (κ2) is 6.40. The predicted molar refractivity (Wildman–Crippen MR) is 121 cm³/mol. The number of hydrogen-bond donors (Lipinski definition) is 3. The summed E-state index contributed by atoms with van der Waals surface area (Å²) in [6.45, 7) is 1.89. The number of carbonyl (C=O) groups is 2. The van der Waals surface area contributed by atoms with Crippen LogP contribution in [0, 0.1) is 6.92 Å². The molecule has 6 rings (SSSR count). The van der Waals surface area contributed by atoms with Gasteiger partial charge < -0.3 is 10.6 Å². The number of carbonyl (C=O) groups excluding carboxylic acids is 2. The first-order valence-corrected chi connectivity index (χ1v) is 11.0. The number of rotatable bonds is 1. The summed E-state index contributed by atoms with van der Waals surface area (Å²) in [4.78, 5) is 27.4. The number of fused-ring (bicyclic) bond motifs is 5. The zero-order chi connectivity index (χ0) is 21.3. The third kappa shape index (κ3) is 2.41. The fourth-order valence-electron chi connectivity index (χ4n) is 5.44. The van der Waals surface area contributed by atoms with E-state index in [0.29, 0.717) is 24.2 Å². The lowest BCUT2D eigenvalue weighted by Gasteiger charge is -2.40. The second-order valence-electron chi connectivity index (χ2n) is 8.38. The number of aromatic nitrogens is 2. The number of aromatic amines is 1. The monoisotopic (exact) mass is 474 g/mol. The minimum absolute atomic E-state index is 0.00294. The van der Waals surface area contributed by atoms with E-state index in [1.54, 1.807) is 0 Å². The molecule has 0 bridgehead atoms. The molecular weight excluding hydrogens is 456 g/mol. The van der Waals surface area contributed by atoms with Crippen molar-refractivity contribution in [1.29, 1.82) is 0 Å². The Hall–Kier alpha value is -3.19. The van der Waals surface area contributed by atoms with Gasteiger partial charge in [0.25, 0.3) is 0 Å². The molecule has 31 heavy (non-hydrogen) atoms. The molecule has 1 aliphatic carbocycles. The van der Waals surface area contributed by atoms with Gasteiger partial charge in [0.2, 0.25) is 5.91 Å². The second-order valence-corrected chi connectivity index (χ2v) is 9.30. The van der Waals surface area contributed by atoms with Gasteiger partial charge in [-0.1, -0.05) is 46.3 Å². The van der Waals surface area contributed by atoms with Crippen molar-refractivity contribution in [3.05, 3.63) is 86.7 Å². The fourth-order valence-corrected chi connectivity index (χ4v) is 5.80. The quantitative estimate of drug-likeness (QED) is 0.482. The van der Waals surface area contributed by atoms with Crippen molar-refractivity contribution in [3.63, 3.8) is 0 Å². The molecule has 1 aromatic heterocycles. The van der Waals surface area contributed by atoms with Gasteiger partial charge in [0.1, 0.15) is 5.41 Å². The van der Waals surface area contributed by atoms with Gasteiger partial charge in [-0.25, -0.2) is 0 Å². The number of nitrogens with one attached hydrogen (secondary N) is 3. The molecule has 154 valence electrons. The summed E-state index contributed by atoms with van der Waals surface area (Å²) in [5, 5.41) is 13.9. The number of halogens is 1. The van der Waals surface area contributed by atoms with Crippen molar-refractivity contribution in [2.45, 2.75) is 31.1 Å². The zero-order valence-corrected chi connectivity index (χ0v) is 18.3. The van der Waals surface area contributed by atoms with Crippen LogP contribution in [0.4, 0.5) is 11.5 Å². The summed E-state index contributed by atoms with van der Waals surface area (Å²) in [7, 11) is 0. The fraction of sp³-hybridized carbons (Fsp3) is 0.208. The molecule has 2 atom stereocenters. The van der Waals surface area contributed by atoms with Gasteiger partial charge in [-0.15, -0.1) is 0 Å². The van der Waals surface area contributed by atoms with E-state index in [9.17, 15) is 9.59 Å². The Morgan fingerprint density at radius 1 is 1.06 bits per heavy atom. The van der Waals surface area contributed by atoms with Gasteiger partial charge in [0, 0.05) is 44.7 Å². The van der Waals surface area contributed by atoms with Gasteiger partial charge in [0.15, 0.2) is 11.6 Å². The zero-order valence-electron chi connectivity index (χ0n) is 16.8. The van der Waals surface area contributed by atoms with Crippen LogP contribution in [0.5, 0.6) is 0 Å². The van der Waals surface area contributed by atoms with E-state index in [-0.39, 0.29) is 17.6 Å². The third-order valence-electron chi connectivity index (χ3n) is 6.67. The van der Waals surface area contributed by atoms with Crippen LogP contribution >= 0.6 is 15.9 Å². The maximum atomic E-state index is 13.7. The average molecular weight is 475 g/mol. The molecule has 3 N–H and O–H groups in total. The lowest BCUT2D eigenvalue weighted by Crippen LogP contribution is -2.46. The number of amides is 1. The van der Waals surface area contributed by atoms with Gasteiger partial charge in [-0.3, -0.25) is 14.7 Å². The number of ketones is 1. The molecular formula is C24H19BrN4O2. The first kappa shape index (κ1) is 18.6. The number of H-pyrrole nitrogens is 1. The molecule has 2 aromatic carbocycles. The summed E-state index contributed by atoms with van der Waals surface area (Å²) in [6.07, 6.45) is 1.02. The number of allylic oxidation sites excluding steroid dienone is 1. The molecule has 1 spiro atoms. The third-order valence-corrected chi connectivity index (χ3v) is 7.17. The largest absolute Gasteiger partial charge is 0.342 e. The number of Topliss-reactive ketones (excluding diaryl/α,β-unsaturated/α-hetero) is 1. The van der Waals surface area contributed by atoms with Crippen LogP contribution in [0.25, 0.3) is 0 Å². The lowest BCUT2D eigenvalue weighted by molar-refractivity contribution is -0.122. The Morgan fingerprint density at radius 2 is 1.87 bits per heavy atom. The SMILES string of the molecule is Cc1[nH]nc2c1C1(C(=O)Nc3ccc(Br)cc31)C1=C(CC(c3ccccc3)CC1=O)N2. The maximum Gasteiger partial charge on any atom is 0.244 e. The van der Waals surface area contributed by atoms with Crippen molar-refractivity contribution in [2.75, 3.05) is 10.6 Å². The number of aryl methyl sites for hydroxylation is 1. The van der Waals surface area contributed by atoms with Crippen molar-refractivity contribution in [1.82, 2.24) is 10.2 Å². The number of nitrogens with zero attached hydrogens (tertiary/aromatic N) is 1. The van der Waals surface area contributed by atoms with E-state index in [4.69, 9.17) is 0 Å². The maximum absolute atomic E-state index is 13.7. The molecule has 2 aliphatic heterocycles. The molecule has 7 heteroatoms. The predicted octanol–water partition coefficient (Wildman–Crippen LogP) is 4.55. The molecule has 0 saturated heterocycles. The normalized spacial score (nSPS) is 23.9. The van der Waals surface area contributed by atoms with E-state index in [1.165, 1.54) is 0 Å². The van der Waals surface area contributed by atoms with Crippen LogP contribution in [-0.4, -0.2) is 21.9 Å². The molecule has 6 nitrogen and oxygen atoms in total. The van der Waals surface area contributed by atoms with Crippen molar-refractivity contribution in [2.24, 2.45) is 0 Å². The van der Waals surface area contributed by atoms with E-state index < -0.39 is 5.41 Å². The average Bonchev–Trinajstić information content (AvgIpc) is 3.26. The van der Waals surface area contributed by atoms with E-state index in [1.807, 2.05) is 43.3 Å². The number of benzene rings is 2. The topological polar surface area (TPSA) is 86.9 Å². The summed E-state index contributed by atoms with van der Waals surface area (Å²) in [6, 6.07) is 15.8. The van der Waals surface area contributed by atoms with Crippen LogP contribution in [0.15, 0.2) is 64.3 Å². The van der Waals surface area contributed by atoms with Gasteiger partial charge in [-0.2, -0.15) is 5.10 Å². The van der Waals surface area contributed by atoms with Crippen LogP contribution in [-0.2, 0) is 15.0 Å². The molecule has 3 heterocycles. The van der Waals surface area contributed by atoms with Gasteiger partial charge >= 0.3 is 0 Å². The van der Waals surface area contributed by atoms with E-state index >= 15 is 0 Å². The molecule has 0 radical (unpaired) electrons. The lowest BCUT2D eigenvalue weighted by atomic mass is 9.62. The molecule has 1 amide bonds. The Labute approximate surface area is 187 Å². The number of hydrogen-bond acceptors (Lipinski definition) is 4. The Balaban J connectivity index is 1.62. The molecule has 3 aliphatic rings. The van der Waals surface area contributed by atoms with E-state index in [2.05, 4.69) is 48.9 Å². The summed E-state index contributed by atoms with van der Waals surface area (Å²) in [5.41, 5.74) is 4.27. The van der Waals surface area contributed by atoms with E-state index in [0.717, 1.165) is 38.2 Å². The highest BCUT2D eigenvalue weighted by molar-refractivity contribution is 9.10. The van der Waals surface area contributed by atoms with Crippen molar-refractivity contribution < 1.29 is 9.59 Å². The van der Waals surface area contributed by atoms with Crippen LogP contribution in [0.1, 0.15) is 41.1 Å². The Bertz CT molecular complexity index is 1310. The first-order valence-electron chi connectivity index (χ1n) is 10.3. The smallest absolute Gasteiger partial charge is 0.244 e. The Kier molecular flexibility index (Phi) is 3.84. The van der Waals surface area contributed by atoms with Gasteiger partial charge in [0.05, 0.1) is 0 Å². The van der Waals surface area contributed by atoms with Crippen molar-refractivity contribution in [3.8, 4) is 0 Å². The molecule has 0 fully saturated rings. The highest BCUT2D eigenvalue weighted by atomic mass is 79.9. The van der Waals surface area contributed by atoms with Crippen molar-refractivity contribution >= 4 is 39.1 Å². The summed E-state index contributed by atoms with van der Waals surface area (Å²) in [5.74, 6) is 0.467. The minimum atomic E-state index is -1.20. The number of anilines is 2. The highest BCUT2D eigenvalue weighted by Crippen LogP contribution is 2.56. The summed E-state index contributed by atoms with van der Waals surface area (Å²) >= 11 is 3.55. The molecule has 2 unspecified atom stereocenters. The highest BCUT2D eigenvalue weighted by Gasteiger charge is 2.59. The molecule has 3 aromatic rings. The summed E-state index contributed by atoms with van der Waals surface area (Å²) < 4.78 is 0.857. The van der Waals surface area contributed by atoms with Crippen LogP contribution in [0.3, 0.4) is 0 Å². The first-order chi connectivity index (χ1) is 15.0. The minimum Gasteiger partial charge on any atom is -0.342 e.